The zero-order valence-electron chi connectivity index (χ0n) is 8.03. The van der Waals surface area contributed by atoms with Gasteiger partial charge in [-0.1, -0.05) is 0 Å². The number of hydrogen-bond donors (Lipinski definition) is 2. The summed E-state index contributed by atoms with van der Waals surface area (Å²) in [5.74, 6) is -0.0871. The average Bonchev–Trinajstić information content (AvgIpc) is 2.09. The maximum Gasteiger partial charge on any atom is 0.164 e. The monoisotopic (exact) mass is 191 g/mol. The van der Waals surface area contributed by atoms with Crippen LogP contribution in [0.25, 0.3) is 0 Å². The van der Waals surface area contributed by atoms with E-state index in [1.54, 1.807) is 0 Å². The van der Waals surface area contributed by atoms with Crippen LogP contribution in [0.4, 0.5) is 0 Å². The fraction of sp³-hybridized carbons (Fsp3) is 1.00. The quantitative estimate of drug-likeness (QED) is 0.650. The van der Waals surface area contributed by atoms with Crippen LogP contribution in [-0.2, 0) is 0 Å². The lowest BCUT2D eigenvalue weighted by Crippen LogP contribution is -2.32. The lowest BCUT2D eigenvalue weighted by Gasteiger charge is -2.35. The molecule has 0 aromatic heterocycles. The van der Waals surface area contributed by atoms with Crippen molar-refractivity contribution < 1.29 is 10.2 Å². The van der Waals surface area contributed by atoms with Gasteiger partial charge in [0.15, 0.2) is 5.85 Å². The number of hydrogen-bond acceptors (Lipinski definition) is 2. The Morgan fingerprint density at radius 2 is 1.75 bits per heavy atom. The molecule has 1 saturated heterocycles. The van der Waals surface area contributed by atoms with E-state index in [1.807, 2.05) is 0 Å². The van der Waals surface area contributed by atoms with Gasteiger partial charge in [0.05, 0.1) is 24.6 Å². The Morgan fingerprint density at radius 1 is 1.17 bits per heavy atom. The second kappa shape index (κ2) is 4.04. The minimum atomic E-state index is -1.19. The summed E-state index contributed by atoms with van der Waals surface area (Å²) in [6.45, 7) is 4.30. The van der Waals surface area contributed by atoms with Gasteiger partial charge in [0.1, 0.15) is 0 Å². The van der Waals surface area contributed by atoms with E-state index in [0.29, 0.717) is 0 Å². The molecule has 1 aliphatic heterocycles. The van der Waals surface area contributed by atoms with Gasteiger partial charge in [-0.05, 0) is 20.3 Å². The molecule has 1 rings (SSSR count). The molecule has 1 aliphatic rings. The summed E-state index contributed by atoms with van der Waals surface area (Å²) in [5, 5.41) is 19.4. The predicted molar refractivity (Wildman–Crippen MR) is 54.1 cm³/mol. The summed E-state index contributed by atoms with van der Waals surface area (Å²) in [6.07, 6.45) is 4.53. The van der Waals surface area contributed by atoms with E-state index in [-0.39, 0.29) is 11.9 Å². The van der Waals surface area contributed by atoms with Crippen molar-refractivity contribution >= 4 is 7.26 Å². The van der Waals surface area contributed by atoms with Crippen molar-refractivity contribution in [1.82, 2.24) is 0 Å². The van der Waals surface area contributed by atoms with Crippen molar-refractivity contribution in [3.63, 3.8) is 0 Å². The van der Waals surface area contributed by atoms with Crippen molar-refractivity contribution in [3.8, 4) is 0 Å². The molecule has 3 heteroatoms. The molecular weight excluding hydrogens is 171 g/mol. The van der Waals surface area contributed by atoms with Gasteiger partial charge in [-0.15, -0.1) is 0 Å². The van der Waals surface area contributed by atoms with Gasteiger partial charge >= 0.3 is 0 Å². The smallest absolute Gasteiger partial charge is 0.164 e. The van der Waals surface area contributed by atoms with Crippen molar-refractivity contribution in [2.24, 2.45) is 0 Å². The van der Waals surface area contributed by atoms with Gasteiger partial charge < -0.3 is 10.2 Å². The van der Waals surface area contributed by atoms with E-state index in [2.05, 4.69) is 13.8 Å². The zero-order valence-corrected chi connectivity index (χ0v) is 8.93. The number of aliphatic hydroxyl groups excluding tert-OH is 2. The summed E-state index contributed by atoms with van der Waals surface area (Å²) >= 11 is 0. The molecule has 2 N–H and O–H groups in total. The Labute approximate surface area is 75.3 Å². The average molecular weight is 191 g/mol. The Bertz CT molecular complexity index is 145. The van der Waals surface area contributed by atoms with Crippen molar-refractivity contribution in [1.29, 1.82) is 0 Å². The van der Waals surface area contributed by atoms with Crippen LogP contribution in [0.1, 0.15) is 26.7 Å². The minimum absolute atomic E-state index is 0.0871. The lowest BCUT2D eigenvalue weighted by molar-refractivity contribution is 0.143. The van der Waals surface area contributed by atoms with Crippen LogP contribution in [0.3, 0.4) is 0 Å². The lowest BCUT2D eigenvalue weighted by atomic mass is 10.2. The standard InChI is InChI=1S/C9H20O2P/c1-3-12(4-2)7-8(10)5-6-9(12)11/h8-11H,3-7H2,1-2H3/q+1. The van der Waals surface area contributed by atoms with E-state index in [9.17, 15) is 10.2 Å². The second-order valence-corrected chi connectivity index (χ2v) is 8.41. The van der Waals surface area contributed by atoms with E-state index < -0.39 is 7.26 Å². The molecule has 0 bridgehead atoms. The molecule has 0 amide bonds. The Hall–Kier alpha value is 0.350. The molecule has 2 atom stereocenters. The third-order valence-electron chi connectivity index (χ3n) is 3.22. The third kappa shape index (κ3) is 1.81. The van der Waals surface area contributed by atoms with Crippen molar-refractivity contribution in [3.05, 3.63) is 0 Å². The Balaban J connectivity index is 2.68. The summed E-state index contributed by atoms with van der Waals surface area (Å²) in [5.41, 5.74) is 0. The van der Waals surface area contributed by atoms with Gasteiger partial charge in [-0.2, -0.15) is 0 Å². The molecule has 0 aromatic carbocycles. The number of aliphatic hydroxyl groups is 2. The van der Waals surface area contributed by atoms with Gasteiger partial charge in [-0.25, -0.2) is 0 Å². The Kier molecular flexibility index (Phi) is 3.51. The van der Waals surface area contributed by atoms with Gasteiger partial charge in [0.2, 0.25) is 0 Å². The number of rotatable bonds is 2. The van der Waals surface area contributed by atoms with Crippen LogP contribution in [0, 0.1) is 0 Å². The van der Waals surface area contributed by atoms with Crippen LogP contribution in [0.15, 0.2) is 0 Å². The molecular formula is C9H20O2P+. The van der Waals surface area contributed by atoms with Gasteiger partial charge in [0.25, 0.3) is 0 Å². The van der Waals surface area contributed by atoms with E-state index in [4.69, 9.17) is 0 Å². The molecule has 0 radical (unpaired) electrons. The highest BCUT2D eigenvalue weighted by molar-refractivity contribution is 7.76. The molecule has 72 valence electrons. The first-order chi connectivity index (χ1) is 5.64. The molecule has 1 fully saturated rings. The third-order valence-corrected chi connectivity index (χ3v) is 8.41. The fourth-order valence-electron chi connectivity index (χ4n) is 2.15. The topological polar surface area (TPSA) is 40.5 Å². The highest BCUT2D eigenvalue weighted by atomic mass is 31.2. The van der Waals surface area contributed by atoms with Crippen LogP contribution in [0.2, 0.25) is 0 Å². The summed E-state index contributed by atoms with van der Waals surface area (Å²) in [4.78, 5) is 0. The SMILES string of the molecule is CC[P+]1(CC)CC(O)CCC1O. The first kappa shape index (κ1) is 10.4. The fourth-order valence-corrected chi connectivity index (χ4v) is 5.92. The van der Waals surface area contributed by atoms with E-state index in [0.717, 1.165) is 31.3 Å². The zero-order chi connectivity index (χ0) is 9.19. The minimum Gasteiger partial charge on any atom is -0.389 e. The van der Waals surface area contributed by atoms with E-state index in [1.165, 1.54) is 0 Å². The van der Waals surface area contributed by atoms with Crippen LogP contribution in [0.5, 0.6) is 0 Å². The van der Waals surface area contributed by atoms with Crippen LogP contribution >= 0.6 is 7.26 Å². The predicted octanol–water partition coefficient (Wildman–Crippen LogP) is 1.52. The molecule has 0 aromatic rings. The molecule has 2 unspecified atom stereocenters. The largest absolute Gasteiger partial charge is 0.389 e. The van der Waals surface area contributed by atoms with Gasteiger partial charge in [0, 0.05) is 13.7 Å². The molecule has 0 aliphatic carbocycles. The molecule has 12 heavy (non-hydrogen) atoms. The highest BCUT2D eigenvalue weighted by Gasteiger charge is 2.46. The first-order valence-electron chi connectivity index (χ1n) is 4.86. The molecule has 0 saturated carbocycles. The maximum absolute atomic E-state index is 9.88. The highest BCUT2D eigenvalue weighted by Crippen LogP contribution is 2.65. The summed E-state index contributed by atoms with van der Waals surface area (Å²) < 4.78 is 0. The maximum atomic E-state index is 9.88. The molecule has 2 nitrogen and oxygen atoms in total. The van der Waals surface area contributed by atoms with Gasteiger partial charge in [-0.3, -0.25) is 0 Å². The molecule has 0 spiro atoms. The summed E-state index contributed by atoms with van der Waals surface area (Å²) in [7, 11) is -1.19. The van der Waals surface area contributed by atoms with Crippen LogP contribution in [-0.4, -0.2) is 40.6 Å². The van der Waals surface area contributed by atoms with Crippen molar-refractivity contribution in [2.45, 2.75) is 38.6 Å². The van der Waals surface area contributed by atoms with Crippen LogP contribution < -0.4 is 0 Å². The molecule has 1 heterocycles. The second-order valence-electron chi connectivity index (χ2n) is 3.75. The first-order valence-corrected chi connectivity index (χ1v) is 7.28. The summed E-state index contributed by atoms with van der Waals surface area (Å²) in [6, 6.07) is 0. The normalized spacial score (nSPS) is 35.0. The van der Waals surface area contributed by atoms with Crippen molar-refractivity contribution in [2.75, 3.05) is 18.5 Å². The Morgan fingerprint density at radius 3 is 2.17 bits per heavy atom. The van der Waals surface area contributed by atoms with E-state index >= 15 is 0 Å².